The number of nitrogens with zero attached hydrogens (tertiary/aromatic N) is 4. The molecule has 0 radical (unpaired) electrons. The van der Waals surface area contributed by atoms with E-state index in [0.717, 1.165) is 28.3 Å². The number of fused-ring (bicyclic) bond motifs is 1. The van der Waals surface area contributed by atoms with Gasteiger partial charge in [-0.1, -0.05) is 6.42 Å². The number of hydrogen-bond donors (Lipinski definition) is 0. The van der Waals surface area contributed by atoms with E-state index in [9.17, 15) is 18.0 Å². The number of aromatic nitrogens is 3. The molecule has 2 aromatic rings. The Hall–Kier alpha value is -2.20. The predicted molar refractivity (Wildman–Crippen MR) is 88.8 cm³/mol. The topological polar surface area (TPSA) is 103 Å². The van der Waals surface area contributed by atoms with Crippen LogP contribution in [0.2, 0.25) is 0 Å². The number of methoxy groups -OCH3 is 1. The van der Waals surface area contributed by atoms with E-state index in [4.69, 9.17) is 0 Å². The van der Waals surface area contributed by atoms with Crippen molar-refractivity contribution >= 4 is 21.6 Å². The first-order valence-corrected chi connectivity index (χ1v) is 9.49. The van der Waals surface area contributed by atoms with Crippen LogP contribution in [0.15, 0.2) is 28.0 Å². The minimum Gasteiger partial charge on any atom is -0.467 e. The van der Waals surface area contributed by atoms with Crippen LogP contribution in [-0.2, 0) is 19.6 Å². The van der Waals surface area contributed by atoms with E-state index < -0.39 is 27.7 Å². The van der Waals surface area contributed by atoms with Crippen LogP contribution in [-0.4, -0.2) is 53.1 Å². The van der Waals surface area contributed by atoms with Crippen LogP contribution in [0.4, 0.5) is 0 Å². The van der Waals surface area contributed by atoms with Crippen LogP contribution in [0.3, 0.4) is 0 Å². The lowest BCUT2D eigenvalue weighted by molar-refractivity contribution is -0.144. The standard InChI is InChI=1S/C15H20N4O5S/c1-11(14(20)24-2)19-15(21)18-10-12(6-7-13(18)16-19)25(22,23)17-8-4-3-5-9-17/h6-7,10-11H,3-5,8-9H2,1-2H3/t11-/m0/s1. The second kappa shape index (κ2) is 6.60. The molecule has 10 heteroatoms. The number of pyridine rings is 1. The molecule has 0 N–H and O–H groups in total. The first-order valence-electron chi connectivity index (χ1n) is 8.05. The van der Waals surface area contributed by atoms with Crippen molar-refractivity contribution in [3.05, 3.63) is 28.8 Å². The molecule has 1 saturated heterocycles. The number of rotatable bonds is 4. The van der Waals surface area contributed by atoms with Crippen molar-refractivity contribution in [3.8, 4) is 0 Å². The Labute approximate surface area is 144 Å². The number of piperidine rings is 1. The fraction of sp³-hybridized carbons (Fsp3) is 0.533. The summed E-state index contributed by atoms with van der Waals surface area (Å²) in [6.07, 6.45) is 3.93. The maximum absolute atomic E-state index is 12.7. The molecule has 136 valence electrons. The minimum absolute atomic E-state index is 0.0364. The first-order chi connectivity index (χ1) is 11.9. The largest absolute Gasteiger partial charge is 0.467 e. The van der Waals surface area contributed by atoms with Gasteiger partial charge in [-0.05, 0) is 31.9 Å². The maximum Gasteiger partial charge on any atom is 0.351 e. The van der Waals surface area contributed by atoms with Gasteiger partial charge in [0.15, 0.2) is 11.7 Å². The number of esters is 1. The third kappa shape index (κ3) is 3.07. The van der Waals surface area contributed by atoms with Crippen molar-refractivity contribution in [3.63, 3.8) is 0 Å². The van der Waals surface area contributed by atoms with Gasteiger partial charge in [-0.2, -0.15) is 8.99 Å². The van der Waals surface area contributed by atoms with E-state index in [0.29, 0.717) is 13.1 Å². The van der Waals surface area contributed by atoms with Gasteiger partial charge < -0.3 is 4.74 Å². The Morgan fingerprint density at radius 2 is 1.92 bits per heavy atom. The Morgan fingerprint density at radius 3 is 2.56 bits per heavy atom. The average Bonchev–Trinajstić information content (AvgIpc) is 2.97. The number of hydrogen-bond acceptors (Lipinski definition) is 6. The molecule has 0 aliphatic carbocycles. The van der Waals surface area contributed by atoms with E-state index in [2.05, 4.69) is 9.84 Å². The fourth-order valence-electron chi connectivity index (χ4n) is 2.90. The lowest BCUT2D eigenvalue weighted by atomic mass is 10.2. The highest BCUT2D eigenvalue weighted by Gasteiger charge is 2.27. The molecule has 3 heterocycles. The molecule has 0 saturated carbocycles. The van der Waals surface area contributed by atoms with Crippen molar-refractivity contribution in [2.75, 3.05) is 20.2 Å². The molecule has 25 heavy (non-hydrogen) atoms. The molecule has 1 aliphatic heterocycles. The number of carbonyl (C=O) groups excluding carboxylic acids is 1. The van der Waals surface area contributed by atoms with Gasteiger partial charge in [-0.15, -0.1) is 5.10 Å². The summed E-state index contributed by atoms with van der Waals surface area (Å²) in [6, 6.07) is 1.98. The van der Waals surface area contributed by atoms with Gasteiger partial charge in [0.25, 0.3) is 0 Å². The SMILES string of the molecule is COC(=O)[C@H](C)n1nc2ccc(S(=O)(=O)N3CCCCC3)cn2c1=O. The Bertz CT molecular complexity index is 956. The van der Waals surface area contributed by atoms with E-state index in [1.54, 1.807) is 0 Å². The average molecular weight is 368 g/mol. The van der Waals surface area contributed by atoms with Crippen molar-refractivity contribution in [2.45, 2.75) is 37.1 Å². The lowest BCUT2D eigenvalue weighted by Crippen LogP contribution is -2.36. The zero-order chi connectivity index (χ0) is 18.2. The molecule has 1 aliphatic rings. The molecule has 1 atom stereocenters. The fourth-order valence-corrected chi connectivity index (χ4v) is 4.42. The zero-order valence-electron chi connectivity index (χ0n) is 14.1. The van der Waals surface area contributed by atoms with Crippen molar-refractivity contribution in [1.82, 2.24) is 18.5 Å². The molecule has 0 amide bonds. The molecular weight excluding hydrogens is 348 g/mol. The summed E-state index contributed by atoms with van der Waals surface area (Å²) >= 11 is 0. The molecule has 2 aromatic heterocycles. The monoisotopic (exact) mass is 368 g/mol. The van der Waals surface area contributed by atoms with Gasteiger partial charge in [0.2, 0.25) is 10.0 Å². The summed E-state index contributed by atoms with van der Waals surface area (Å²) in [6.45, 7) is 2.45. The van der Waals surface area contributed by atoms with Crippen molar-refractivity contribution in [1.29, 1.82) is 0 Å². The summed E-state index contributed by atoms with van der Waals surface area (Å²) in [5.41, 5.74) is -0.332. The Balaban J connectivity index is 2.04. The summed E-state index contributed by atoms with van der Waals surface area (Å²) in [5.74, 6) is -0.605. The van der Waals surface area contributed by atoms with Crippen LogP contribution in [0.5, 0.6) is 0 Å². The van der Waals surface area contributed by atoms with Gasteiger partial charge in [-0.25, -0.2) is 22.4 Å². The molecule has 0 unspecified atom stereocenters. The van der Waals surface area contributed by atoms with Crippen LogP contribution in [0, 0.1) is 0 Å². The van der Waals surface area contributed by atoms with Gasteiger partial charge in [0, 0.05) is 19.3 Å². The van der Waals surface area contributed by atoms with E-state index in [1.807, 2.05) is 0 Å². The summed E-state index contributed by atoms with van der Waals surface area (Å²) < 4.78 is 33.7. The number of sulfonamides is 1. The second-order valence-corrected chi connectivity index (χ2v) is 7.92. The lowest BCUT2D eigenvalue weighted by Gasteiger charge is -2.25. The summed E-state index contributed by atoms with van der Waals surface area (Å²) in [4.78, 5) is 24.2. The highest BCUT2D eigenvalue weighted by atomic mass is 32.2. The quantitative estimate of drug-likeness (QED) is 0.724. The Morgan fingerprint density at radius 1 is 1.24 bits per heavy atom. The smallest absolute Gasteiger partial charge is 0.351 e. The van der Waals surface area contributed by atoms with Gasteiger partial charge in [0.05, 0.1) is 12.0 Å². The molecule has 1 fully saturated rings. The maximum atomic E-state index is 12.7. The third-order valence-corrected chi connectivity index (χ3v) is 6.26. The highest BCUT2D eigenvalue weighted by Crippen LogP contribution is 2.20. The molecule has 9 nitrogen and oxygen atoms in total. The second-order valence-electron chi connectivity index (χ2n) is 5.98. The molecule has 0 bridgehead atoms. The molecular formula is C15H20N4O5S. The van der Waals surface area contributed by atoms with Crippen LogP contribution in [0.25, 0.3) is 5.65 Å². The normalized spacial score (nSPS) is 17.5. The Kier molecular flexibility index (Phi) is 4.65. The number of carbonyl (C=O) groups is 1. The van der Waals surface area contributed by atoms with Crippen LogP contribution in [0.1, 0.15) is 32.2 Å². The molecule has 0 aromatic carbocycles. The van der Waals surface area contributed by atoms with Crippen molar-refractivity contribution < 1.29 is 17.9 Å². The summed E-state index contributed by atoms with van der Waals surface area (Å²) in [5, 5.41) is 4.07. The van der Waals surface area contributed by atoms with E-state index in [1.165, 1.54) is 36.7 Å². The van der Waals surface area contributed by atoms with Crippen LogP contribution < -0.4 is 5.69 Å². The number of ether oxygens (including phenoxy) is 1. The van der Waals surface area contributed by atoms with Gasteiger partial charge in [0.1, 0.15) is 0 Å². The van der Waals surface area contributed by atoms with E-state index in [-0.39, 0.29) is 10.5 Å². The first kappa shape index (κ1) is 17.6. The van der Waals surface area contributed by atoms with Gasteiger partial charge >= 0.3 is 11.7 Å². The summed E-state index contributed by atoms with van der Waals surface area (Å²) in [7, 11) is -2.43. The zero-order valence-corrected chi connectivity index (χ0v) is 14.9. The minimum atomic E-state index is -3.66. The predicted octanol–water partition coefficient (Wildman–Crippen LogP) is 0.405. The molecule has 3 rings (SSSR count). The third-order valence-electron chi connectivity index (χ3n) is 4.37. The highest BCUT2D eigenvalue weighted by molar-refractivity contribution is 7.89. The van der Waals surface area contributed by atoms with Crippen molar-refractivity contribution in [2.24, 2.45) is 0 Å². The van der Waals surface area contributed by atoms with Crippen LogP contribution >= 0.6 is 0 Å². The molecule has 0 spiro atoms. The van der Waals surface area contributed by atoms with E-state index >= 15 is 0 Å². The van der Waals surface area contributed by atoms with Gasteiger partial charge in [-0.3, -0.25) is 0 Å².